The highest BCUT2D eigenvalue weighted by Crippen LogP contribution is 2.14. The molecule has 0 saturated carbocycles. The van der Waals surface area contributed by atoms with E-state index in [4.69, 9.17) is 0 Å². The minimum Gasteiger partial charge on any atom is -0.357 e. The summed E-state index contributed by atoms with van der Waals surface area (Å²) in [6.07, 6.45) is 0. The molecule has 0 atom stereocenters. The van der Waals surface area contributed by atoms with Crippen molar-refractivity contribution in [2.45, 2.75) is 0 Å². The van der Waals surface area contributed by atoms with Gasteiger partial charge in [-0.1, -0.05) is 0 Å². The molecule has 2 N–H and O–H groups in total. The number of hydrogen-bond donors (Lipinski definition) is 2. The van der Waals surface area contributed by atoms with Crippen LogP contribution in [0.5, 0.6) is 0 Å². The van der Waals surface area contributed by atoms with Crippen LogP contribution < -0.4 is 15.5 Å². The number of piperazine rings is 1. The largest absolute Gasteiger partial charge is 0.357 e. The number of likely N-dealkylation sites (N-methyl/N-ethyl adjacent to an activating group) is 1. The molecule has 1 fully saturated rings. The number of anilines is 3. The topological polar surface area (TPSA) is 69.2 Å². The highest BCUT2D eigenvalue weighted by atomic mass is 15.4. The van der Waals surface area contributed by atoms with Crippen LogP contribution >= 0.6 is 0 Å². The standard InChI is InChI=1S/C10H19N7/c1-11-8-13-9(12-2)15-10(14-8)17-6-4-16(3)5-7-17/h4-7H2,1-3H3,(H2,11,12,13,14,15). The first-order valence-electron chi connectivity index (χ1n) is 5.78. The predicted octanol–water partition coefficient (Wildman–Crippen LogP) is -0.293. The summed E-state index contributed by atoms with van der Waals surface area (Å²) in [5.41, 5.74) is 0. The van der Waals surface area contributed by atoms with E-state index in [0.29, 0.717) is 11.9 Å². The quantitative estimate of drug-likeness (QED) is 0.748. The molecule has 0 unspecified atom stereocenters. The van der Waals surface area contributed by atoms with Crippen LogP contribution in [0.25, 0.3) is 0 Å². The zero-order chi connectivity index (χ0) is 12.3. The van der Waals surface area contributed by atoms with E-state index in [9.17, 15) is 0 Å². The molecule has 94 valence electrons. The van der Waals surface area contributed by atoms with E-state index in [1.165, 1.54) is 0 Å². The van der Waals surface area contributed by atoms with Crippen LogP contribution in [0.2, 0.25) is 0 Å². The van der Waals surface area contributed by atoms with Gasteiger partial charge in [-0.15, -0.1) is 0 Å². The molecular weight excluding hydrogens is 218 g/mol. The molecule has 2 heterocycles. The molecule has 0 aliphatic carbocycles. The summed E-state index contributed by atoms with van der Waals surface area (Å²) in [6.45, 7) is 3.98. The van der Waals surface area contributed by atoms with Gasteiger partial charge in [0.1, 0.15) is 0 Å². The van der Waals surface area contributed by atoms with Gasteiger partial charge in [0.05, 0.1) is 0 Å². The summed E-state index contributed by atoms with van der Waals surface area (Å²) < 4.78 is 0. The second-order valence-corrected chi connectivity index (χ2v) is 4.07. The van der Waals surface area contributed by atoms with Crippen molar-refractivity contribution in [2.24, 2.45) is 0 Å². The van der Waals surface area contributed by atoms with Gasteiger partial charge in [0.15, 0.2) is 0 Å². The minimum absolute atomic E-state index is 0.596. The van der Waals surface area contributed by atoms with Crippen LogP contribution in [0.3, 0.4) is 0 Å². The Morgan fingerprint density at radius 2 is 1.41 bits per heavy atom. The van der Waals surface area contributed by atoms with Crippen LogP contribution in [0.4, 0.5) is 17.8 Å². The highest BCUT2D eigenvalue weighted by Gasteiger charge is 2.17. The van der Waals surface area contributed by atoms with Crippen molar-refractivity contribution in [1.29, 1.82) is 0 Å². The molecule has 7 heteroatoms. The summed E-state index contributed by atoms with van der Waals surface area (Å²) in [5.74, 6) is 1.93. The van der Waals surface area contributed by atoms with Gasteiger partial charge >= 0.3 is 0 Å². The Balaban J connectivity index is 2.19. The Bertz CT molecular complexity index is 351. The van der Waals surface area contributed by atoms with E-state index in [0.717, 1.165) is 32.1 Å². The van der Waals surface area contributed by atoms with Gasteiger partial charge in [-0.25, -0.2) is 0 Å². The molecule has 1 saturated heterocycles. The summed E-state index contributed by atoms with van der Waals surface area (Å²) in [6, 6.07) is 0. The first kappa shape index (κ1) is 11.8. The van der Waals surface area contributed by atoms with Crippen molar-refractivity contribution in [3.8, 4) is 0 Å². The van der Waals surface area contributed by atoms with Crippen molar-refractivity contribution in [1.82, 2.24) is 19.9 Å². The van der Waals surface area contributed by atoms with Crippen molar-refractivity contribution in [3.05, 3.63) is 0 Å². The lowest BCUT2D eigenvalue weighted by Crippen LogP contribution is -2.45. The van der Waals surface area contributed by atoms with Gasteiger partial charge < -0.3 is 20.4 Å². The van der Waals surface area contributed by atoms with Gasteiger partial charge in [-0.05, 0) is 7.05 Å². The molecule has 2 rings (SSSR count). The average Bonchev–Trinajstić information content (AvgIpc) is 2.39. The number of rotatable bonds is 3. The lowest BCUT2D eigenvalue weighted by molar-refractivity contribution is 0.311. The highest BCUT2D eigenvalue weighted by molar-refractivity contribution is 5.43. The Kier molecular flexibility index (Phi) is 3.58. The second kappa shape index (κ2) is 5.13. The van der Waals surface area contributed by atoms with Gasteiger partial charge in [-0.3, -0.25) is 0 Å². The number of nitrogens with one attached hydrogen (secondary N) is 2. The van der Waals surface area contributed by atoms with Crippen LogP contribution in [-0.2, 0) is 0 Å². The maximum absolute atomic E-state index is 4.38. The summed E-state index contributed by atoms with van der Waals surface area (Å²) >= 11 is 0. The maximum Gasteiger partial charge on any atom is 0.232 e. The van der Waals surface area contributed by atoms with Gasteiger partial charge in [0, 0.05) is 40.3 Å². The molecule has 0 radical (unpaired) electrons. The number of aromatic nitrogens is 3. The van der Waals surface area contributed by atoms with Crippen molar-refractivity contribution in [2.75, 3.05) is 62.9 Å². The Morgan fingerprint density at radius 1 is 0.882 bits per heavy atom. The molecule has 1 aromatic heterocycles. The average molecular weight is 237 g/mol. The van der Waals surface area contributed by atoms with E-state index < -0.39 is 0 Å². The van der Waals surface area contributed by atoms with Gasteiger partial charge in [0.25, 0.3) is 0 Å². The molecular formula is C10H19N7. The summed E-state index contributed by atoms with van der Waals surface area (Å²) in [7, 11) is 5.74. The molecule has 0 spiro atoms. The molecule has 1 aliphatic rings. The second-order valence-electron chi connectivity index (χ2n) is 4.07. The smallest absolute Gasteiger partial charge is 0.232 e. The molecule has 1 aliphatic heterocycles. The molecule has 0 bridgehead atoms. The zero-order valence-electron chi connectivity index (χ0n) is 10.6. The SMILES string of the molecule is CNc1nc(NC)nc(N2CCN(C)CC2)n1. The monoisotopic (exact) mass is 237 g/mol. The fourth-order valence-electron chi connectivity index (χ4n) is 1.74. The zero-order valence-corrected chi connectivity index (χ0v) is 10.6. The molecule has 0 amide bonds. The minimum atomic E-state index is 0.596. The predicted molar refractivity (Wildman–Crippen MR) is 68.6 cm³/mol. The summed E-state index contributed by atoms with van der Waals surface area (Å²) in [4.78, 5) is 17.4. The molecule has 0 aromatic carbocycles. The van der Waals surface area contributed by atoms with Crippen LogP contribution in [0, 0.1) is 0 Å². The van der Waals surface area contributed by atoms with Crippen LogP contribution in [0.15, 0.2) is 0 Å². The fraction of sp³-hybridized carbons (Fsp3) is 0.700. The lowest BCUT2D eigenvalue weighted by atomic mass is 10.3. The van der Waals surface area contributed by atoms with E-state index in [1.54, 1.807) is 0 Å². The van der Waals surface area contributed by atoms with E-state index in [-0.39, 0.29) is 0 Å². The van der Waals surface area contributed by atoms with Gasteiger partial charge in [-0.2, -0.15) is 15.0 Å². The Labute approximate surface area is 101 Å². The summed E-state index contributed by atoms with van der Waals surface area (Å²) in [5, 5.41) is 5.90. The Morgan fingerprint density at radius 3 is 1.88 bits per heavy atom. The third-order valence-corrected chi connectivity index (χ3v) is 2.86. The Hall–Kier alpha value is -1.63. The lowest BCUT2D eigenvalue weighted by Gasteiger charge is -2.32. The normalized spacial score (nSPS) is 17.0. The van der Waals surface area contributed by atoms with Crippen molar-refractivity contribution >= 4 is 17.8 Å². The third kappa shape index (κ3) is 2.73. The van der Waals surface area contributed by atoms with E-state index >= 15 is 0 Å². The third-order valence-electron chi connectivity index (χ3n) is 2.86. The van der Waals surface area contributed by atoms with Gasteiger partial charge in [0.2, 0.25) is 17.8 Å². The van der Waals surface area contributed by atoms with Crippen molar-refractivity contribution in [3.63, 3.8) is 0 Å². The molecule has 17 heavy (non-hydrogen) atoms. The maximum atomic E-state index is 4.38. The molecule has 7 nitrogen and oxygen atoms in total. The fourth-order valence-corrected chi connectivity index (χ4v) is 1.74. The number of nitrogens with zero attached hydrogens (tertiary/aromatic N) is 5. The molecule has 1 aromatic rings. The van der Waals surface area contributed by atoms with E-state index in [1.807, 2.05) is 14.1 Å². The first-order valence-corrected chi connectivity index (χ1v) is 5.78. The van der Waals surface area contributed by atoms with Crippen LogP contribution in [-0.4, -0.2) is 67.2 Å². The van der Waals surface area contributed by atoms with Crippen LogP contribution in [0.1, 0.15) is 0 Å². The van der Waals surface area contributed by atoms with Crippen molar-refractivity contribution < 1.29 is 0 Å². The first-order chi connectivity index (χ1) is 8.22. The number of hydrogen-bond acceptors (Lipinski definition) is 7. The van der Waals surface area contributed by atoms with E-state index in [2.05, 4.69) is 42.4 Å².